The molecule has 0 aliphatic heterocycles. The van der Waals surface area contributed by atoms with Crippen molar-refractivity contribution in [3.05, 3.63) is 0 Å². The van der Waals surface area contributed by atoms with Crippen LogP contribution in [0.2, 0.25) is 0 Å². The number of carboxylic acids is 1. The van der Waals surface area contributed by atoms with Gasteiger partial charge in [0.1, 0.15) is 5.54 Å². The summed E-state index contributed by atoms with van der Waals surface area (Å²) >= 11 is 0. The van der Waals surface area contributed by atoms with Gasteiger partial charge in [-0.3, -0.25) is 0 Å². The van der Waals surface area contributed by atoms with Crippen molar-refractivity contribution in [2.75, 3.05) is 20.2 Å². The molecule has 116 valence electrons. The summed E-state index contributed by atoms with van der Waals surface area (Å²) in [5.41, 5.74) is -1.09. The van der Waals surface area contributed by atoms with Crippen LogP contribution in [0.15, 0.2) is 0 Å². The van der Waals surface area contributed by atoms with Crippen LogP contribution in [0.4, 0.5) is 4.79 Å². The van der Waals surface area contributed by atoms with Gasteiger partial charge in [0.15, 0.2) is 0 Å². The fraction of sp³-hybridized carbons (Fsp3) is 0.857. The first kappa shape index (κ1) is 16.8. The van der Waals surface area contributed by atoms with Gasteiger partial charge in [0.2, 0.25) is 0 Å². The highest BCUT2D eigenvalue weighted by Gasteiger charge is 2.41. The van der Waals surface area contributed by atoms with E-state index in [-0.39, 0.29) is 12.6 Å². The number of amides is 2. The third-order valence-electron chi connectivity index (χ3n) is 3.96. The molecular formula is C14H26N2O4. The first-order valence-electron chi connectivity index (χ1n) is 7.39. The molecule has 20 heavy (non-hydrogen) atoms. The summed E-state index contributed by atoms with van der Waals surface area (Å²) in [5.74, 6) is -0.931. The normalized spacial score (nSPS) is 17.5. The highest BCUT2D eigenvalue weighted by atomic mass is 16.4. The van der Waals surface area contributed by atoms with Crippen LogP contribution in [-0.2, 0) is 4.79 Å². The zero-order chi connectivity index (χ0) is 15.0. The number of hydrogen-bond acceptors (Lipinski definition) is 3. The lowest BCUT2D eigenvalue weighted by atomic mass is 9.82. The average molecular weight is 286 g/mol. The van der Waals surface area contributed by atoms with Gasteiger partial charge < -0.3 is 20.4 Å². The minimum Gasteiger partial charge on any atom is -0.480 e. The Hall–Kier alpha value is -1.30. The Bertz CT molecular complexity index is 327. The maximum absolute atomic E-state index is 12.1. The molecule has 1 fully saturated rings. The Morgan fingerprint density at radius 1 is 1.15 bits per heavy atom. The number of aliphatic hydroxyl groups excluding tert-OH is 1. The molecule has 0 aromatic carbocycles. The number of carbonyl (C=O) groups is 2. The quantitative estimate of drug-likeness (QED) is 0.620. The predicted molar refractivity (Wildman–Crippen MR) is 75.6 cm³/mol. The summed E-state index contributed by atoms with van der Waals surface area (Å²) in [4.78, 5) is 25.1. The molecule has 0 spiro atoms. The second-order valence-corrected chi connectivity index (χ2v) is 5.58. The third-order valence-corrected chi connectivity index (χ3v) is 3.96. The first-order chi connectivity index (χ1) is 9.52. The van der Waals surface area contributed by atoms with E-state index in [0.717, 1.165) is 38.5 Å². The number of hydrogen-bond donors (Lipinski definition) is 3. The Kier molecular flexibility index (Phi) is 6.78. The largest absolute Gasteiger partial charge is 0.480 e. The van der Waals surface area contributed by atoms with E-state index in [9.17, 15) is 14.7 Å². The van der Waals surface area contributed by atoms with Crippen molar-refractivity contribution in [1.82, 2.24) is 10.2 Å². The van der Waals surface area contributed by atoms with E-state index < -0.39 is 11.5 Å². The molecule has 1 saturated carbocycles. The molecule has 0 bridgehead atoms. The van der Waals surface area contributed by atoms with Crippen molar-refractivity contribution in [1.29, 1.82) is 0 Å². The van der Waals surface area contributed by atoms with E-state index in [1.807, 2.05) is 0 Å². The van der Waals surface area contributed by atoms with E-state index in [1.165, 1.54) is 4.90 Å². The Balaban J connectivity index is 2.47. The molecule has 6 heteroatoms. The van der Waals surface area contributed by atoms with E-state index >= 15 is 0 Å². The number of aliphatic carboxylic acids is 1. The summed E-state index contributed by atoms with van der Waals surface area (Å²) in [5, 5.41) is 20.8. The Labute approximate surface area is 120 Å². The molecule has 1 rings (SSSR count). The van der Waals surface area contributed by atoms with Crippen LogP contribution in [0.1, 0.15) is 51.4 Å². The number of nitrogens with one attached hydrogen (secondary N) is 1. The summed E-state index contributed by atoms with van der Waals surface area (Å²) in [6.07, 6.45) is 6.12. The van der Waals surface area contributed by atoms with Crippen molar-refractivity contribution >= 4 is 12.0 Å². The van der Waals surface area contributed by atoms with Crippen LogP contribution in [0.5, 0.6) is 0 Å². The van der Waals surface area contributed by atoms with Crippen LogP contribution in [-0.4, -0.2) is 52.9 Å². The van der Waals surface area contributed by atoms with E-state index in [1.54, 1.807) is 7.05 Å². The van der Waals surface area contributed by atoms with Gasteiger partial charge in [-0.05, 0) is 32.1 Å². The Morgan fingerprint density at radius 2 is 1.80 bits per heavy atom. The minimum absolute atomic E-state index is 0.165. The molecule has 0 aromatic rings. The summed E-state index contributed by atoms with van der Waals surface area (Å²) in [6.45, 7) is 0.736. The molecule has 1 aliphatic carbocycles. The van der Waals surface area contributed by atoms with E-state index in [2.05, 4.69) is 5.32 Å². The van der Waals surface area contributed by atoms with Gasteiger partial charge in [0.25, 0.3) is 0 Å². The monoisotopic (exact) mass is 286 g/mol. The van der Waals surface area contributed by atoms with Gasteiger partial charge in [-0.1, -0.05) is 19.3 Å². The molecular weight excluding hydrogens is 260 g/mol. The van der Waals surface area contributed by atoms with Gasteiger partial charge in [0, 0.05) is 20.2 Å². The van der Waals surface area contributed by atoms with Crippen molar-refractivity contribution < 1.29 is 19.8 Å². The van der Waals surface area contributed by atoms with Crippen LogP contribution in [0.25, 0.3) is 0 Å². The smallest absolute Gasteiger partial charge is 0.329 e. The van der Waals surface area contributed by atoms with Gasteiger partial charge in [-0.2, -0.15) is 0 Å². The maximum atomic E-state index is 12.1. The standard InChI is InChI=1S/C14H26N2O4/c1-16(10-6-3-7-11-17)13(20)15-14(12(18)19)8-4-2-5-9-14/h17H,2-11H2,1H3,(H,15,20)(H,18,19). The van der Waals surface area contributed by atoms with Crippen LogP contribution >= 0.6 is 0 Å². The topological polar surface area (TPSA) is 89.9 Å². The second kappa shape index (κ2) is 8.09. The second-order valence-electron chi connectivity index (χ2n) is 5.58. The van der Waals surface area contributed by atoms with Crippen LogP contribution in [0, 0.1) is 0 Å². The molecule has 0 saturated heterocycles. The van der Waals surface area contributed by atoms with Crippen LogP contribution in [0.3, 0.4) is 0 Å². The number of carboxylic acid groups (broad SMARTS) is 1. The Morgan fingerprint density at radius 3 is 2.35 bits per heavy atom. The highest BCUT2D eigenvalue weighted by molar-refractivity contribution is 5.86. The molecule has 6 nitrogen and oxygen atoms in total. The zero-order valence-electron chi connectivity index (χ0n) is 12.2. The average Bonchev–Trinajstić information content (AvgIpc) is 2.44. The maximum Gasteiger partial charge on any atom is 0.329 e. The summed E-state index contributed by atoms with van der Waals surface area (Å²) in [6, 6.07) is -0.321. The first-order valence-corrected chi connectivity index (χ1v) is 7.39. The molecule has 0 aromatic heterocycles. The van der Waals surface area contributed by atoms with E-state index in [4.69, 9.17) is 5.11 Å². The van der Waals surface area contributed by atoms with Crippen molar-refractivity contribution in [3.63, 3.8) is 0 Å². The number of aliphatic hydroxyl groups is 1. The molecule has 0 radical (unpaired) electrons. The fourth-order valence-electron chi connectivity index (χ4n) is 2.59. The third kappa shape index (κ3) is 4.67. The SMILES string of the molecule is CN(CCCCCO)C(=O)NC1(C(=O)O)CCCCC1. The van der Waals surface area contributed by atoms with Crippen molar-refractivity contribution in [3.8, 4) is 0 Å². The lowest BCUT2D eigenvalue weighted by molar-refractivity contribution is -0.145. The van der Waals surface area contributed by atoms with Gasteiger partial charge in [-0.25, -0.2) is 9.59 Å². The lowest BCUT2D eigenvalue weighted by Gasteiger charge is -2.35. The summed E-state index contributed by atoms with van der Waals surface area (Å²) in [7, 11) is 1.67. The number of rotatable bonds is 7. The number of carbonyl (C=O) groups excluding carboxylic acids is 1. The lowest BCUT2D eigenvalue weighted by Crippen LogP contribution is -2.58. The zero-order valence-corrected chi connectivity index (χ0v) is 12.2. The molecule has 3 N–H and O–H groups in total. The number of nitrogens with zero attached hydrogens (tertiary/aromatic N) is 1. The minimum atomic E-state index is -1.09. The molecule has 0 atom stereocenters. The molecule has 0 heterocycles. The van der Waals surface area contributed by atoms with Crippen LogP contribution < -0.4 is 5.32 Å². The molecule has 2 amide bonds. The molecule has 0 unspecified atom stereocenters. The van der Waals surface area contributed by atoms with Crippen molar-refractivity contribution in [2.24, 2.45) is 0 Å². The fourth-order valence-corrected chi connectivity index (χ4v) is 2.59. The van der Waals surface area contributed by atoms with Crippen molar-refractivity contribution in [2.45, 2.75) is 56.9 Å². The highest BCUT2D eigenvalue weighted by Crippen LogP contribution is 2.28. The van der Waals surface area contributed by atoms with E-state index in [0.29, 0.717) is 19.4 Å². The number of urea groups is 1. The van der Waals surface area contributed by atoms with Gasteiger partial charge in [0.05, 0.1) is 0 Å². The van der Waals surface area contributed by atoms with Gasteiger partial charge in [-0.15, -0.1) is 0 Å². The summed E-state index contributed by atoms with van der Waals surface area (Å²) < 4.78 is 0. The molecule has 1 aliphatic rings. The number of unbranched alkanes of at least 4 members (excludes halogenated alkanes) is 2. The predicted octanol–water partition coefficient (Wildman–Crippen LogP) is 1.58. The van der Waals surface area contributed by atoms with Gasteiger partial charge >= 0.3 is 12.0 Å².